The number of amides is 1. The molecule has 3 aromatic heterocycles. The molecule has 0 spiro atoms. The Hall–Kier alpha value is -4.60. The maximum atomic E-state index is 13.6. The summed E-state index contributed by atoms with van der Waals surface area (Å²) in [6.45, 7) is 7.93. The molecule has 0 radical (unpaired) electrons. The number of carbonyl (C=O) groups is 1. The number of aromatic nitrogens is 6. The highest BCUT2D eigenvalue weighted by Crippen LogP contribution is 2.36. The largest absolute Gasteiger partial charge is 0.457 e. The number of hydrogen-bond donors (Lipinski definition) is 0. The lowest BCUT2D eigenvalue weighted by Gasteiger charge is -2.32. The van der Waals surface area contributed by atoms with Crippen LogP contribution in [0.25, 0.3) is 33.3 Å². The number of likely N-dealkylation sites (tertiary alicyclic amines) is 1. The van der Waals surface area contributed by atoms with E-state index in [4.69, 9.17) is 9.84 Å². The van der Waals surface area contributed by atoms with Crippen LogP contribution in [0.2, 0.25) is 0 Å². The molecule has 1 amide bonds. The zero-order valence-corrected chi connectivity index (χ0v) is 22.1. The van der Waals surface area contributed by atoms with E-state index < -0.39 is 11.7 Å². The Labute approximate surface area is 224 Å². The van der Waals surface area contributed by atoms with Crippen molar-refractivity contribution in [3.63, 3.8) is 0 Å². The molecule has 0 saturated carbocycles. The molecule has 1 atom stereocenters. The molecule has 0 bridgehead atoms. The molecule has 5 aromatic rings. The van der Waals surface area contributed by atoms with Crippen molar-refractivity contribution in [2.75, 3.05) is 13.1 Å². The number of ether oxygens (including phenoxy) is 1. The van der Waals surface area contributed by atoms with Crippen molar-refractivity contribution in [2.24, 2.45) is 7.05 Å². The van der Waals surface area contributed by atoms with Gasteiger partial charge in [-0.05, 0) is 62.6 Å². The van der Waals surface area contributed by atoms with Gasteiger partial charge in [0.2, 0.25) is 0 Å². The number of aryl methyl sites for hydroxylation is 3. The van der Waals surface area contributed by atoms with E-state index in [0.717, 1.165) is 57.5 Å². The molecule has 198 valence electrons. The number of piperidine rings is 1. The fraction of sp³-hybridized carbons (Fsp3) is 0.276. The summed E-state index contributed by atoms with van der Waals surface area (Å²) in [4.78, 5) is 27.1. The summed E-state index contributed by atoms with van der Waals surface area (Å²) in [6.07, 6.45) is 4.84. The van der Waals surface area contributed by atoms with Crippen LogP contribution in [0.3, 0.4) is 0 Å². The predicted octanol–water partition coefficient (Wildman–Crippen LogP) is 5.44. The topological polar surface area (TPSA) is 91.0 Å². The second-order valence-electron chi connectivity index (χ2n) is 9.99. The number of hydrogen-bond acceptors (Lipinski definition) is 6. The average Bonchev–Trinajstić information content (AvgIpc) is 3.51. The van der Waals surface area contributed by atoms with Crippen LogP contribution >= 0.6 is 0 Å². The number of rotatable bonds is 5. The zero-order valence-electron chi connectivity index (χ0n) is 22.1. The molecule has 1 aliphatic heterocycles. The minimum Gasteiger partial charge on any atom is -0.457 e. The highest BCUT2D eigenvalue weighted by molar-refractivity contribution is 5.93. The molecule has 0 aliphatic carbocycles. The first-order valence-electron chi connectivity index (χ1n) is 12.8. The summed E-state index contributed by atoms with van der Waals surface area (Å²) in [7, 11) is 1.96. The van der Waals surface area contributed by atoms with Gasteiger partial charge in [0.05, 0.1) is 34.5 Å². The Bertz CT molecular complexity index is 1760. The molecule has 2 aromatic carbocycles. The average molecular weight is 526 g/mol. The van der Waals surface area contributed by atoms with Crippen LogP contribution < -0.4 is 4.74 Å². The van der Waals surface area contributed by atoms with Gasteiger partial charge in [-0.15, -0.1) is 0 Å². The van der Waals surface area contributed by atoms with Crippen molar-refractivity contribution in [1.29, 1.82) is 0 Å². The summed E-state index contributed by atoms with van der Waals surface area (Å²) >= 11 is 0. The predicted molar refractivity (Wildman–Crippen MR) is 146 cm³/mol. The van der Waals surface area contributed by atoms with Crippen LogP contribution in [0.1, 0.15) is 30.1 Å². The third kappa shape index (κ3) is 4.41. The lowest BCUT2D eigenvalue weighted by Crippen LogP contribution is -2.41. The van der Waals surface area contributed by atoms with Crippen LogP contribution in [-0.2, 0) is 11.8 Å². The Morgan fingerprint density at radius 2 is 1.97 bits per heavy atom. The highest BCUT2D eigenvalue weighted by atomic mass is 19.1. The van der Waals surface area contributed by atoms with Crippen molar-refractivity contribution in [3.8, 4) is 22.8 Å². The van der Waals surface area contributed by atoms with Gasteiger partial charge in [0, 0.05) is 31.8 Å². The van der Waals surface area contributed by atoms with Crippen molar-refractivity contribution in [1.82, 2.24) is 34.2 Å². The third-order valence-corrected chi connectivity index (χ3v) is 7.31. The monoisotopic (exact) mass is 525 g/mol. The van der Waals surface area contributed by atoms with Gasteiger partial charge in [-0.1, -0.05) is 6.58 Å². The van der Waals surface area contributed by atoms with E-state index in [1.54, 1.807) is 6.33 Å². The van der Waals surface area contributed by atoms with E-state index in [0.29, 0.717) is 24.5 Å². The van der Waals surface area contributed by atoms with Gasteiger partial charge >= 0.3 is 0 Å². The molecule has 1 fully saturated rings. The van der Waals surface area contributed by atoms with Gasteiger partial charge in [0.25, 0.3) is 5.91 Å². The summed E-state index contributed by atoms with van der Waals surface area (Å²) in [5.41, 5.74) is 6.02. The van der Waals surface area contributed by atoms with Crippen molar-refractivity contribution in [3.05, 3.63) is 72.7 Å². The number of fused-ring (bicyclic) bond motifs is 2. The summed E-state index contributed by atoms with van der Waals surface area (Å²) in [6, 6.07) is 11.7. The molecule has 6 rings (SSSR count). The first-order chi connectivity index (χ1) is 18.8. The molecule has 0 unspecified atom stereocenters. The molecular formula is C29H28FN7O2. The Morgan fingerprint density at radius 1 is 1.13 bits per heavy atom. The summed E-state index contributed by atoms with van der Waals surface area (Å²) < 4.78 is 23.6. The standard InChI is InChI=1S/C29H28FN7O2/c1-17-12-20(7-10-25(17)39-22-8-9-24-23(13-22)33-16-35(24)4)27-26-19(3)31-15-32-28(26)37(34-27)21-6-5-11-36(14-21)29(38)18(2)30/h7-10,12-13,15-16,21H,2,5-6,11,14H2,1,3-4H3/t21-/m1/s1. The highest BCUT2D eigenvalue weighted by Gasteiger charge is 2.29. The first-order valence-corrected chi connectivity index (χ1v) is 12.8. The van der Waals surface area contributed by atoms with Crippen LogP contribution in [0.15, 0.2) is 61.5 Å². The van der Waals surface area contributed by atoms with Crippen molar-refractivity contribution in [2.45, 2.75) is 32.7 Å². The normalized spacial score (nSPS) is 15.7. The smallest absolute Gasteiger partial charge is 0.282 e. The fourth-order valence-electron chi connectivity index (χ4n) is 5.30. The Kier molecular flexibility index (Phi) is 6.09. The minimum absolute atomic E-state index is 0.141. The van der Waals surface area contributed by atoms with E-state index in [-0.39, 0.29) is 6.04 Å². The van der Waals surface area contributed by atoms with E-state index in [9.17, 15) is 9.18 Å². The van der Waals surface area contributed by atoms with Gasteiger partial charge in [-0.3, -0.25) is 4.79 Å². The van der Waals surface area contributed by atoms with Gasteiger partial charge < -0.3 is 14.2 Å². The third-order valence-electron chi connectivity index (χ3n) is 7.31. The lowest BCUT2D eigenvalue weighted by atomic mass is 10.0. The quantitative estimate of drug-likeness (QED) is 0.284. The molecule has 39 heavy (non-hydrogen) atoms. The number of halogens is 1. The molecule has 4 heterocycles. The molecule has 10 heteroatoms. The van der Waals surface area contributed by atoms with Crippen molar-refractivity contribution >= 4 is 28.0 Å². The van der Waals surface area contributed by atoms with Crippen molar-refractivity contribution < 1.29 is 13.9 Å². The second kappa shape index (κ2) is 9.61. The van der Waals surface area contributed by atoms with Gasteiger partial charge in [0.15, 0.2) is 11.5 Å². The zero-order chi connectivity index (χ0) is 27.3. The molecule has 1 saturated heterocycles. The Balaban J connectivity index is 1.34. The maximum Gasteiger partial charge on any atom is 0.282 e. The minimum atomic E-state index is -0.947. The summed E-state index contributed by atoms with van der Waals surface area (Å²) in [5, 5.41) is 5.83. The number of carbonyl (C=O) groups excluding carboxylic acids is 1. The summed E-state index contributed by atoms with van der Waals surface area (Å²) in [5.74, 6) is -0.171. The SMILES string of the molecule is C=C(F)C(=O)N1CCC[C@@H](n2nc(-c3ccc(Oc4ccc5c(c4)ncn5C)c(C)c3)c3c(C)ncnc32)C1. The van der Waals surface area contributed by atoms with Gasteiger partial charge in [-0.2, -0.15) is 5.10 Å². The second-order valence-corrected chi connectivity index (χ2v) is 9.99. The van der Waals surface area contributed by atoms with Crippen LogP contribution in [-0.4, -0.2) is 53.2 Å². The number of benzene rings is 2. The van der Waals surface area contributed by atoms with E-state index in [2.05, 4.69) is 21.5 Å². The van der Waals surface area contributed by atoms with Crippen LogP contribution in [0.4, 0.5) is 4.39 Å². The fourth-order valence-corrected chi connectivity index (χ4v) is 5.30. The molecule has 0 N–H and O–H groups in total. The molecule has 9 nitrogen and oxygen atoms in total. The first kappa shape index (κ1) is 24.7. The molecular weight excluding hydrogens is 497 g/mol. The number of nitrogens with zero attached hydrogens (tertiary/aromatic N) is 7. The maximum absolute atomic E-state index is 13.6. The molecule has 1 aliphatic rings. The van der Waals surface area contributed by atoms with Gasteiger partial charge in [0.1, 0.15) is 23.5 Å². The van der Waals surface area contributed by atoms with E-state index >= 15 is 0 Å². The lowest BCUT2D eigenvalue weighted by molar-refractivity contribution is -0.130. The van der Waals surface area contributed by atoms with Crippen LogP contribution in [0.5, 0.6) is 11.5 Å². The van der Waals surface area contributed by atoms with E-state index in [1.807, 2.05) is 66.5 Å². The van der Waals surface area contributed by atoms with Crippen LogP contribution in [0, 0.1) is 13.8 Å². The number of imidazole rings is 1. The van der Waals surface area contributed by atoms with E-state index in [1.165, 1.54) is 11.2 Å². The Morgan fingerprint density at radius 3 is 2.77 bits per heavy atom. The van der Waals surface area contributed by atoms with Gasteiger partial charge in [-0.25, -0.2) is 24.0 Å².